The Kier molecular flexibility index (Phi) is 5.32. The zero-order valence-corrected chi connectivity index (χ0v) is 6.15. The Balaban J connectivity index is 3.53. The van der Waals surface area contributed by atoms with Crippen molar-refractivity contribution in [3.05, 3.63) is 11.8 Å². The predicted molar refractivity (Wildman–Crippen MR) is 38.9 cm³/mol. The van der Waals surface area contributed by atoms with Crippen molar-refractivity contribution in [1.29, 1.82) is 0 Å². The van der Waals surface area contributed by atoms with Crippen LogP contribution in [0.2, 0.25) is 0 Å². The van der Waals surface area contributed by atoms with Crippen molar-refractivity contribution in [1.82, 2.24) is 5.32 Å². The molecule has 0 aromatic heterocycles. The van der Waals surface area contributed by atoms with E-state index in [1.54, 1.807) is 0 Å². The monoisotopic (exact) mass is 129 g/mol. The molecule has 0 unspecified atom stereocenters. The van der Waals surface area contributed by atoms with E-state index in [0.29, 0.717) is 0 Å². The van der Waals surface area contributed by atoms with E-state index in [1.807, 2.05) is 0 Å². The largest absolute Gasteiger partial charge is 0.377 e. The van der Waals surface area contributed by atoms with Gasteiger partial charge >= 0.3 is 0 Å². The first kappa shape index (κ1) is 8.50. The molecule has 54 valence electrons. The first-order chi connectivity index (χ1) is 4.35. The Hall–Kier alpha value is -0.500. The molecule has 0 aromatic carbocycles. The first-order valence-corrected chi connectivity index (χ1v) is 3.38. The molecular weight excluding hydrogens is 114 g/mol. The lowest BCUT2D eigenvalue weighted by atomic mass is 10.3. The normalized spacial score (nSPS) is 11.7. The number of hydrogen-bond donors (Lipinski definition) is 2. The molecule has 0 saturated carbocycles. The fourth-order valence-corrected chi connectivity index (χ4v) is 0.689. The lowest BCUT2D eigenvalue weighted by molar-refractivity contribution is 0.273. The summed E-state index contributed by atoms with van der Waals surface area (Å²) in [5.74, 6) is 0. The quantitative estimate of drug-likeness (QED) is 0.559. The van der Waals surface area contributed by atoms with Crippen molar-refractivity contribution < 1.29 is 5.11 Å². The number of allylic oxidation sites excluding steroid dienone is 2. The van der Waals surface area contributed by atoms with Crippen LogP contribution in [0.15, 0.2) is 11.8 Å². The lowest BCUT2D eigenvalue weighted by Crippen LogP contribution is -2.13. The number of rotatable bonds is 4. The molecule has 0 bridgehead atoms. The van der Waals surface area contributed by atoms with Gasteiger partial charge in [-0.15, -0.1) is 0 Å². The topological polar surface area (TPSA) is 32.3 Å². The molecule has 2 heteroatoms. The summed E-state index contributed by atoms with van der Waals surface area (Å²) in [5.41, 5.74) is 1.13. The molecule has 2 nitrogen and oxygen atoms in total. The summed E-state index contributed by atoms with van der Waals surface area (Å²) in [7, 11) is 0. The number of nitrogens with one attached hydrogen (secondary N) is 1. The Bertz CT molecular complexity index is 88.9. The Morgan fingerprint density at radius 1 is 1.56 bits per heavy atom. The minimum absolute atomic E-state index is 0.0413. The molecule has 0 amide bonds. The zero-order chi connectivity index (χ0) is 7.11. The third kappa shape index (κ3) is 4.03. The van der Waals surface area contributed by atoms with Gasteiger partial charge in [0.2, 0.25) is 0 Å². The van der Waals surface area contributed by atoms with Crippen molar-refractivity contribution in [2.75, 3.05) is 6.73 Å². The summed E-state index contributed by atoms with van der Waals surface area (Å²) in [5, 5.41) is 11.3. The molecule has 0 atom stereocenters. The van der Waals surface area contributed by atoms with Gasteiger partial charge in [0.05, 0.1) is 0 Å². The molecule has 0 aliphatic heterocycles. The number of hydrogen-bond acceptors (Lipinski definition) is 2. The highest BCUT2D eigenvalue weighted by molar-refractivity contribution is 4.96. The van der Waals surface area contributed by atoms with Crippen LogP contribution >= 0.6 is 0 Å². The van der Waals surface area contributed by atoms with Gasteiger partial charge in [0, 0.05) is 5.70 Å². The molecule has 0 saturated heterocycles. The predicted octanol–water partition coefficient (Wildman–Crippen LogP) is 1.23. The summed E-state index contributed by atoms with van der Waals surface area (Å²) in [6.07, 6.45) is 4.07. The summed E-state index contributed by atoms with van der Waals surface area (Å²) < 4.78 is 0. The molecule has 0 radical (unpaired) electrons. The molecule has 0 aromatic rings. The average Bonchev–Trinajstić information content (AvgIpc) is 1.88. The molecule has 0 rings (SSSR count). The molecule has 0 heterocycles. The van der Waals surface area contributed by atoms with Crippen LogP contribution < -0.4 is 5.32 Å². The molecule has 2 N–H and O–H groups in total. The zero-order valence-electron chi connectivity index (χ0n) is 6.15. The van der Waals surface area contributed by atoms with Crippen LogP contribution in [-0.4, -0.2) is 11.8 Å². The van der Waals surface area contributed by atoms with Gasteiger partial charge in [0.1, 0.15) is 6.73 Å². The van der Waals surface area contributed by atoms with E-state index in [0.717, 1.165) is 18.5 Å². The van der Waals surface area contributed by atoms with Crippen LogP contribution in [0.4, 0.5) is 0 Å². The fraction of sp³-hybridized carbons (Fsp3) is 0.714. The van der Waals surface area contributed by atoms with Gasteiger partial charge in [-0.25, -0.2) is 0 Å². The molecule has 9 heavy (non-hydrogen) atoms. The Morgan fingerprint density at radius 3 is 2.56 bits per heavy atom. The second-order valence-electron chi connectivity index (χ2n) is 1.83. The van der Waals surface area contributed by atoms with Crippen LogP contribution in [0.1, 0.15) is 26.7 Å². The van der Waals surface area contributed by atoms with E-state index in [-0.39, 0.29) is 6.73 Å². The number of aliphatic hydroxyl groups excluding tert-OH is 1. The maximum absolute atomic E-state index is 8.44. The molecule has 0 spiro atoms. The average molecular weight is 129 g/mol. The SMILES string of the molecule is CC/C=C(\CC)NCO. The highest BCUT2D eigenvalue weighted by Gasteiger charge is 1.86. The first-order valence-electron chi connectivity index (χ1n) is 3.38. The highest BCUT2D eigenvalue weighted by atomic mass is 16.3. The fourth-order valence-electron chi connectivity index (χ4n) is 0.689. The Morgan fingerprint density at radius 2 is 2.22 bits per heavy atom. The van der Waals surface area contributed by atoms with Crippen molar-refractivity contribution in [2.24, 2.45) is 0 Å². The summed E-state index contributed by atoms with van der Waals surface area (Å²) in [6.45, 7) is 4.18. The minimum atomic E-state index is 0.0413. The third-order valence-corrected chi connectivity index (χ3v) is 1.14. The van der Waals surface area contributed by atoms with E-state index >= 15 is 0 Å². The van der Waals surface area contributed by atoms with Crippen LogP contribution in [0, 0.1) is 0 Å². The highest BCUT2D eigenvalue weighted by Crippen LogP contribution is 1.95. The summed E-state index contributed by atoms with van der Waals surface area (Å²) in [6, 6.07) is 0. The molecule has 0 fully saturated rings. The third-order valence-electron chi connectivity index (χ3n) is 1.14. The van der Waals surface area contributed by atoms with Crippen LogP contribution in [0.3, 0.4) is 0 Å². The van der Waals surface area contributed by atoms with Gasteiger partial charge in [0.15, 0.2) is 0 Å². The minimum Gasteiger partial charge on any atom is -0.377 e. The summed E-state index contributed by atoms with van der Waals surface area (Å²) >= 11 is 0. The van der Waals surface area contributed by atoms with E-state index in [2.05, 4.69) is 25.2 Å². The maximum atomic E-state index is 8.44. The van der Waals surface area contributed by atoms with Gasteiger partial charge in [0.25, 0.3) is 0 Å². The van der Waals surface area contributed by atoms with Gasteiger partial charge in [-0.05, 0) is 12.8 Å². The van der Waals surface area contributed by atoms with Gasteiger partial charge in [-0.1, -0.05) is 19.9 Å². The van der Waals surface area contributed by atoms with Gasteiger partial charge in [-0.2, -0.15) is 0 Å². The second-order valence-corrected chi connectivity index (χ2v) is 1.83. The maximum Gasteiger partial charge on any atom is 0.113 e. The van der Waals surface area contributed by atoms with Crippen LogP contribution in [0.25, 0.3) is 0 Å². The van der Waals surface area contributed by atoms with Crippen LogP contribution in [0.5, 0.6) is 0 Å². The Labute approximate surface area is 56.6 Å². The standard InChI is InChI=1S/C7H15NO/c1-3-5-7(4-2)8-6-9/h5,8-9H,3-4,6H2,1-2H3/b7-5+. The second kappa shape index (κ2) is 5.63. The van der Waals surface area contributed by atoms with Crippen molar-refractivity contribution >= 4 is 0 Å². The van der Waals surface area contributed by atoms with E-state index in [1.165, 1.54) is 0 Å². The molecule has 0 aliphatic carbocycles. The smallest absolute Gasteiger partial charge is 0.113 e. The van der Waals surface area contributed by atoms with E-state index in [9.17, 15) is 0 Å². The van der Waals surface area contributed by atoms with Crippen LogP contribution in [-0.2, 0) is 0 Å². The van der Waals surface area contributed by atoms with E-state index in [4.69, 9.17) is 5.11 Å². The van der Waals surface area contributed by atoms with Crippen molar-refractivity contribution in [3.63, 3.8) is 0 Å². The van der Waals surface area contributed by atoms with Gasteiger partial charge in [-0.3, -0.25) is 0 Å². The lowest BCUT2D eigenvalue weighted by Gasteiger charge is -2.03. The van der Waals surface area contributed by atoms with Gasteiger partial charge < -0.3 is 10.4 Å². The van der Waals surface area contributed by atoms with Crippen molar-refractivity contribution in [3.8, 4) is 0 Å². The van der Waals surface area contributed by atoms with Crippen molar-refractivity contribution in [2.45, 2.75) is 26.7 Å². The molecular formula is C7H15NO. The number of aliphatic hydroxyl groups is 1. The van der Waals surface area contributed by atoms with E-state index < -0.39 is 0 Å². The summed E-state index contributed by atoms with van der Waals surface area (Å²) in [4.78, 5) is 0. The molecule has 0 aliphatic rings.